The van der Waals surface area contributed by atoms with Crippen LogP contribution in [0.25, 0.3) is 0 Å². The maximum absolute atomic E-state index is 4.53. The van der Waals surface area contributed by atoms with Crippen molar-refractivity contribution in [3.8, 4) is 0 Å². The first-order valence-electron chi connectivity index (χ1n) is 10.1. The number of benzene rings is 3. The van der Waals surface area contributed by atoms with Crippen molar-refractivity contribution >= 4 is 35.4 Å². The maximum atomic E-state index is 4.53. The number of anilines is 4. The van der Waals surface area contributed by atoms with Gasteiger partial charge < -0.3 is 10.6 Å². The molecule has 0 aliphatic rings. The van der Waals surface area contributed by atoms with E-state index in [1.54, 1.807) is 6.21 Å². The lowest BCUT2D eigenvalue weighted by atomic mass is 10.2. The molecule has 0 bridgehead atoms. The second-order valence-electron chi connectivity index (χ2n) is 7.44. The Balaban J connectivity index is 1.67. The standard InChI is InChI=1S/C25H24N6/c1-17-7-4-10-20(13-17)16-26-23-29-24(27-21-11-5-8-18(2)14-21)31-25(30-23)28-22-12-6-9-19(3)15-22/h4-16H,1-3H3,(H2,27,28,29,30,31). The number of hydrogen-bond donors (Lipinski definition) is 2. The van der Waals surface area contributed by atoms with E-state index in [0.717, 1.165) is 28.1 Å². The van der Waals surface area contributed by atoms with Crippen LogP contribution in [0.4, 0.5) is 29.2 Å². The quantitative estimate of drug-likeness (QED) is 0.381. The van der Waals surface area contributed by atoms with Gasteiger partial charge in [-0.05, 0) is 61.7 Å². The lowest BCUT2D eigenvalue weighted by molar-refractivity contribution is 1.05. The molecule has 0 spiro atoms. The highest BCUT2D eigenvalue weighted by Crippen LogP contribution is 2.21. The molecule has 31 heavy (non-hydrogen) atoms. The molecular formula is C25H24N6. The van der Waals surface area contributed by atoms with Gasteiger partial charge in [-0.25, -0.2) is 4.99 Å². The minimum absolute atomic E-state index is 0.321. The molecule has 0 aliphatic heterocycles. The molecule has 0 aliphatic carbocycles. The molecule has 1 heterocycles. The fourth-order valence-corrected chi connectivity index (χ4v) is 3.12. The lowest BCUT2D eigenvalue weighted by Gasteiger charge is -2.10. The summed E-state index contributed by atoms with van der Waals surface area (Å²) in [5.74, 6) is 1.17. The average Bonchev–Trinajstić information content (AvgIpc) is 2.72. The van der Waals surface area contributed by atoms with Gasteiger partial charge in [0.1, 0.15) is 0 Å². The summed E-state index contributed by atoms with van der Waals surface area (Å²) in [4.78, 5) is 18.0. The summed E-state index contributed by atoms with van der Waals surface area (Å²) < 4.78 is 0. The van der Waals surface area contributed by atoms with Gasteiger partial charge in [-0.1, -0.05) is 54.1 Å². The van der Waals surface area contributed by atoms with E-state index in [1.165, 1.54) is 5.56 Å². The third kappa shape index (κ3) is 5.73. The van der Waals surface area contributed by atoms with Crippen molar-refractivity contribution in [2.75, 3.05) is 10.6 Å². The van der Waals surface area contributed by atoms with Gasteiger partial charge in [0.05, 0.1) is 0 Å². The maximum Gasteiger partial charge on any atom is 0.255 e. The van der Waals surface area contributed by atoms with E-state index < -0.39 is 0 Å². The summed E-state index contributed by atoms with van der Waals surface area (Å²) in [6, 6.07) is 24.2. The van der Waals surface area contributed by atoms with Gasteiger partial charge in [0, 0.05) is 17.6 Å². The highest BCUT2D eigenvalue weighted by molar-refractivity contribution is 5.81. The van der Waals surface area contributed by atoms with Gasteiger partial charge in [-0.2, -0.15) is 15.0 Å². The van der Waals surface area contributed by atoms with Crippen molar-refractivity contribution in [2.24, 2.45) is 4.99 Å². The van der Waals surface area contributed by atoms with Crippen LogP contribution in [0.5, 0.6) is 0 Å². The van der Waals surface area contributed by atoms with Crippen molar-refractivity contribution in [1.82, 2.24) is 15.0 Å². The molecule has 0 saturated heterocycles. The number of nitrogens with zero attached hydrogens (tertiary/aromatic N) is 4. The predicted molar refractivity (Wildman–Crippen MR) is 127 cm³/mol. The molecule has 4 aromatic rings. The molecule has 0 fully saturated rings. The van der Waals surface area contributed by atoms with E-state index in [2.05, 4.69) is 36.6 Å². The molecule has 0 amide bonds. The fraction of sp³-hybridized carbons (Fsp3) is 0.120. The number of nitrogens with one attached hydrogen (secondary N) is 2. The van der Waals surface area contributed by atoms with Crippen LogP contribution >= 0.6 is 0 Å². The summed E-state index contributed by atoms with van der Waals surface area (Å²) in [6.45, 7) is 6.13. The number of aliphatic imine (C=N–C) groups is 1. The molecular weight excluding hydrogens is 384 g/mol. The van der Waals surface area contributed by atoms with Crippen molar-refractivity contribution in [3.63, 3.8) is 0 Å². The summed E-state index contributed by atoms with van der Waals surface area (Å²) in [5, 5.41) is 6.51. The monoisotopic (exact) mass is 408 g/mol. The molecule has 6 nitrogen and oxygen atoms in total. The first-order chi connectivity index (χ1) is 15.0. The van der Waals surface area contributed by atoms with Crippen LogP contribution in [0.15, 0.2) is 77.8 Å². The third-order valence-corrected chi connectivity index (χ3v) is 4.54. The molecule has 3 aromatic carbocycles. The van der Waals surface area contributed by atoms with Crippen LogP contribution in [-0.2, 0) is 0 Å². The number of hydrogen-bond acceptors (Lipinski definition) is 6. The Labute approximate surface area is 182 Å². The van der Waals surface area contributed by atoms with E-state index in [9.17, 15) is 0 Å². The highest BCUT2D eigenvalue weighted by atomic mass is 15.3. The lowest BCUT2D eigenvalue weighted by Crippen LogP contribution is -2.04. The van der Waals surface area contributed by atoms with Gasteiger partial charge in [0.15, 0.2) is 0 Å². The smallest absolute Gasteiger partial charge is 0.255 e. The molecule has 1 aromatic heterocycles. The summed E-state index contributed by atoms with van der Waals surface area (Å²) in [6.07, 6.45) is 1.76. The highest BCUT2D eigenvalue weighted by Gasteiger charge is 2.07. The molecule has 0 atom stereocenters. The SMILES string of the molecule is Cc1cccc(C=Nc2nc(Nc3cccc(C)c3)nc(Nc3cccc(C)c3)n2)c1. The Bertz CT molecular complexity index is 1170. The van der Waals surface area contributed by atoms with E-state index in [0.29, 0.717) is 17.8 Å². The predicted octanol–water partition coefficient (Wildman–Crippen LogP) is 6.03. The first kappa shape index (κ1) is 20.2. The van der Waals surface area contributed by atoms with E-state index >= 15 is 0 Å². The zero-order valence-corrected chi connectivity index (χ0v) is 17.8. The fourth-order valence-electron chi connectivity index (χ4n) is 3.12. The molecule has 0 radical (unpaired) electrons. The van der Waals surface area contributed by atoms with Crippen molar-refractivity contribution in [3.05, 3.63) is 95.1 Å². The zero-order valence-electron chi connectivity index (χ0n) is 17.8. The number of aryl methyl sites for hydroxylation is 3. The van der Waals surface area contributed by atoms with Gasteiger partial charge >= 0.3 is 0 Å². The molecule has 0 saturated carbocycles. The topological polar surface area (TPSA) is 75.1 Å². The van der Waals surface area contributed by atoms with Crippen LogP contribution in [0.2, 0.25) is 0 Å². The van der Waals surface area contributed by atoms with Gasteiger partial charge in [0.25, 0.3) is 5.95 Å². The van der Waals surface area contributed by atoms with E-state index in [4.69, 9.17) is 0 Å². The Morgan fingerprint density at radius 3 is 1.68 bits per heavy atom. The van der Waals surface area contributed by atoms with Crippen LogP contribution < -0.4 is 10.6 Å². The zero-order chi connectivity index (χ0) is 21.6. The van der Waals surface area contributed by atoms with Crippen LogP contribution in [0.1, 0.15) is 22.3 Å². The van der Waals surface area contributed by atoms with Crippen molar-refractivity contribution < 1.29 is 0 Å². The normalized spacial score (nSPS) is 10.9. The van der Waals surface area contributed by atoms with Crippen LogP contribution in [-0.4, -0.2) is 21.2 Å². The second kappa shape index (κ2) is 9.17. The largest absolute Gasteiger partial charge is 0.324 e. The Kier molecular flexibility index (Phi) is 5.98. The van der Waals surface area contributed by atoms with Gasteiger partial charge in [0.2, 0.25) is 11.9 Å². The number of rotatable bonds is 6. The minimum atomic E-state index is 0.321. The van der Waals surface area contributed by atoms with Crippen LogP contribution in [0, 0.1) is 20.8 Å². The van der Waals surface area contributed by atoms with Crippen molar-refractivity contribution in [2.45, 2.75) is 20.8 Å². The third-order valence-electron chi connectivity index (χ3n) is 4.54. The van der Waals surface area contributed by atoms with Gasteiger partial charge in [-0.15, -0.1) is 0 Å². The number of aromatic nitrogens is 3. The molecule has 6 heteroatoms. The molecule has 0 unspecified atom stereocenters. The molecule has 154 valence electrons. The first-order valence-corrected chi connectivity index (χ1v) is 10.1. The summed E-state index contributed by atoms with van der Waals surface area (Å²) >= 11 is 0. The molecule has 4 rings (SSSR count). The second-order valence-corrected chi connectivity index (χ2v) is 7.44. The van der Waals surface area contributed by atoms with E-state index in [1.807, 2.05) is 87.5 Å². The Hall–Kier alpha value is -4.06. The summed E-state index contributed by atoms with van der Waals surface area (Å²) in [7, 11) is 0. The average molecular weight is 409 g/mol. The Morgan fingerprint density at radius 2 is 1.16 bits per heavy atom. The van der Waals surface area contributed by atoms with Gasteiger partial charge in [-0.3, -0.25) is 0 Å². The molecule has 2 N–H and O–H groups in total. The summed E-state index contributed by atoms with van der Waals surface area (Å²) in [5.41, 5.74) is 6.26. The van der Waals surface area contributed by atoms with E-state index in [-0.39, 0.29) is 0 Å². The van der Waals surface area contributed by atoms with Crippen LogP contribution in [0.3, 0.4) is 0 Å². The Morgan fingerprint density at radius 1 is 0.645 bits per heavy atom. The minimum Gasteiger partial charge on any atom is -0.324 e. The van der Waals surface area contributed by atoms with Crippen molar-refractivity contribution in [1.29, 1.82) is 0 Å².